The van der Waals surface area contributed by atoms with Gasteiger partial charge in [-0.3, -0.25) is 9.48 Å². The first-order valence-electron chi connectivity index (χ1n) is 8.91. The van der Waals surface area contributed by atoms with Crippen LogP contribution in [0, 0.1) is 11.6 Å². The van der Waals surface area contributed by atoms with Gasteiger partial charge < -0.3 is 14.8 Å². The van der Waals surface area contributed by atoms with E-state index in [1.54, 1.807) is 10.7 Å². The highest BCUT2D eigenvalue weighted by molar-refractivity contribution is 5.94. The van der Waals surface area contributed by atoms with Crippen molar-refractivity contribution >= 4 is 5.91 Å². The number of methoxy groups -OCH3 is 2. The average molecular weight is 400 g/mol. The lowest BCUT2D eigenvalue weighted by molar-refractivity contribution is 0.0936. The SMILES string of the molecule is COc1cc(F)cc(C(=O)N[C@@H]2CCn3nc(-c4cc(OC)ncc4F)cc32)c1. The normalized spacial score (nSPS) is 15.1. The molecule has 3 heterocycles. The van der Waals surface area contributed by atoms with Crippen molar-refractivity contribution in [1.82, 2.24) is 20.1 Å². The monoisotopic (exact) mass is 400 g/mol. The molecule has 1 aromatic carbocycles. The van der Waals surface area contributed by atoms with Gasteiger partial charge in [0.1, 0.15) is 11.6 Å². The van der Waals surface area contributed by atoms with E-state index in [0.29, 0.717) is 18.7 Å². The molecule has 0 spiro atoms. The van der Waals surface area contributed by atoms with Crippen LogP contribution in [0.5, 0.6) is 11.6 Å². The summed E-state index contributed by atoms with van der Waals surface area (Å²) in [4.78, 5) is 16.4. The highest BCUT2D eigenvalue weighted by Crippen LogP contribution is 2.32. The molecule has 0 bridgehead atoms. The number of aromatic nitrogens is 3. The number of rotatable bonds is 5. The number of hydrogen-bond donors (Lipinski definition) is 1. The fourth-order valence-electron chi connectivity index (χ4n) is 3.35. The lowest BCUT2D eigenvalue weighted by Crippen LogP contribution is -2.27. The maximum Gasteiger partial charge on any atom is 0.252 e. The molecular formula is C20H18F2N4O3. The summed E-state index contributed by atoms with van der Waals surface area (Å²) < 4.78 is 39.7. The van der Waals surface area contributed by atoms with Crippen molar-refractivity contribution in [2.24, 2.45) is 0 Å². The molecule has 1 aliphatic rings. The first-order valence-corrected chi connectivity index (χ1v) is 8.91. The number of nitrogens with one attached hydrogen (secondary N) is 1. The van der Waals surface area contributed by atoms with E-state index in [-0.39, 0.29) is 28.8 Å². The molecule has 2 aromatic heterocycles. The number of hydrogen-bond acceptors (Lipinski definition) is 5. The van der Waals surface area contributed by atoms with E-state index in [9.17, 15) is 13.6 Å². The lowest BCUT2D eigenvalue weighted by Gasteiger charge is -2.12. The van der Waals surface area contributed by atoms with E-state index < -0.39 is 17.5 Å². The van der Waals surface area contributed by atoms with Crippen LogP contribution >= 0.6 is 0 Å². The van der Waals surface area contributed by atoms with Crippen molar-refractivity contribution in [2.45, 2.75) is 19.0 Å². The minimum Gasteiger partial charge on any atom is -0.497 e. The van der Waals surface area contributed by atoms with Crippen molar-refractivity contribution in [2.75, 3.05) is 14.2 Å². The maximum atomic E-state index is 14.2. The van der Waals surface area contributed by atoms with E-state index in [0.717, 1.165) is 18.0 Å². The Kier molecular flexibility index (Phi) is 4.87. The van der Waals surface area contributed by atoms with Crippen LogP contribution in [-0.4, -0.2) is 34.9 Å². The highest BCUT2D eigenvalue weighted by Gasteiger charge is 2.28. The Morgan fingerprint density at radius 1 is 1.17 bits per heavy atom. The molecule has 150 valence electrons. The Labute approximate surface area is 165 Å². The summed E-state index contributed by atoms with van der Waals surface area (Å²) in [6, 6.07) is 6.68. The van der Waals surface area contributed by atoms with Crippen molar-refractivity contribution in [1.29, 1.82) is 0 Å². The van der Waals surface area contributed by atoms with Gasteiger partial charge in [-0.05, 0) is 24.6 Å². The Morgan fingerprint density at radius 2 is 2.00 bits per heavy atom. The third-order valence-electron chi connectivity index (χ3n) is 4.79. The van der Waals surface area contributed by atoms with Gasteiger partial charge in [0, 0.05) is 29.8 Å². The predicted octanol–water partition coefficient (Wildman–Crippen LogP) is 3.12. The Morgan fingerprint density at radius 3 is 2.76 bits per heavy atom. The molecule has 7 nitrogen and oxygen atoms in total. The molecule has 0 radical (unpaired) electrons. The van der Waals surface area contributed by atoms with Crippen LogP contribution in [0.3, 0.4) is 0 Å². The smallest absolute Gasteiger partial charge is 0.252 e. The molecular weight excluding hydrogens is 382 g/mol. The molecule has 0 saturated heterocycles. The average Bonchev–Trinajstić information content (AvgIpc) is 3.29. The highest BCUT2D eigenvalue weighted by atomic mass is 19.1. The van der Waals surface area contributed by atoms with Gasteiger partial charge in [0.15, 0.2) is 5.82 Å². The number of amides is 1. The second-order valence-corrected chi connectivity index (χ2v) is 6.58. The zero-order valence-corrected chi connectivity index (χ0v) is 15.8. The van der Waals surface area contributed by atoms with Gasteiger partial charge in [-0.15, -0.1) is 0 Å². The van der Waals surface area contributed by atoms with Crippen LogP contribution in [0.4, 0.5) is 8.78 Å². The van der Waals surface area contributed by atoms with E-state index >= 15 is 0 Å². The number of carbonyl (C=O) groups is 1. The van der Waals surface area contributed by atoms with E-state index in [4.69, 9.17) is 9.47 Å². The molecule has 1 aliphatic heterocycles. The van der Waals surface area contributed by atoms with Crippen molar-refractivity contribution in [3.05, 3.63) is 59.4 Å². The zero-order valence-electron chi connectivity index (χ0n) is 15.8. The molecule has 9 heteroatoms. The first-order chi connectivity index (χ1) is 14.0. The number of halogens is 2. The van der Waals surface area contributed by atoms with Gasteiger partial charge in [0.25, 0.3) is 5.91 Å². The maximum absolute atomic E-state index is 14.2. The third kappa shape index (κ3) is 3.63. The van der Waals surface area contributed by atoms with Crippen LogP contribution in [0.2, 0.25) is 0 Å². The lowest BCUT2D eigenvalue weighted by atomic mass is 10.1. The van der Waals surface area contributed by atoms with Gasteiger partial charge in [0.05, 0.1) is 37.8 Å². The topological polar surface area (TPSA) is 78.3 Å². The molecule has 0 unspecified atom stereocenters. The minimum absolute atomic E-state index is 0.157. The molecule has 1 atom stereocenters. The third-order valence-corrected chi connectivity index (χ3v) is 4.79. The van der Waals surface area contributed by atoms with Gasteiger partial charge in [-0.25, -0.2) is 13.8 Å². The number of pyridine rings is 1. The van der Waals surface area contributed by atoms with Gasteiger partial charge in [-0.2, -0.15) is 5.10 Å². The van der Waals surface area contributed by atoms with E-state index in [1.807, 2.05) is 0 Å². The van der Waals surface area contributed by atoms with Gasteiger partial charge in [-0.1, -0.05) is 0 Å². The second-order valence-electron chi connectivity index (χ2n) is 6.58. The van der Waals surface area contributed by atoms with Crippen molar-refractivity contribution in [3.8, 4) is 22.9 Å². The summed E-state index contributed by atoms with van der Waals surface area (Å²) in [6.07, 6.45) is 1.71. The number of nitrogens with zero attached hydrogens (tertiary/aromatic N) is 3. The van der Waals surface area contributed by atoms with Crippen molar-refractivity contribution < 1.29 is 23.0 Å². The molecule has 0 aliphatic carbocycles. The van der Waals surface area contributed by atoms with Crippen molar-refractivity contribution in [3.63, 3.8) is 0 Å². The zero-order chi connectivity index (χ0) is 20.5. The van der Waals surface area contributed by atoms with Crippen LogP contribution in [0.15, 0.2) is 36.5 Å². The predicted molar refractivity (Wildman–Crippen MR) is 99.7 cm³/mol. The summed E-state index contributed by atoms with van der Waals surface area (Å²) in [5.41, 5.74) is 1.58. The molecule has 29 heavy (non-hydrogen) atoms. The van der Waals surface area contributed by atoms with E-state index in [2.05, 4.69) is 15.4 Å². The molecule has 3 aromatic rings. The molecule has 0 fully saturated rings. The standard InChI is InChI=1S/C20H18F2N4O3/c1-28-13-6-11(5-12(21)7-13)20(27)24-16-3-4-26-18(16)9-17(25-26)14-8-19(29-2)23-10-15(14)22/h5-10,16H,3-4H2,1-2H3,(H,24,27)/t16-/m1/s1. The number of benzene rings is 1. The van der Waals surface area contributed by atoms with E-state index in [1.165, 1.54) is 32.4 Å². The Hall–Kier alpha value is -3.49. The van der Waals surface area contributed by atoms with Gasteiger partial charge in [0.2, 0.25) is 5.88 Å². The number of ether oxygens (including phenoxy) is 2. The fraction of sp³-hybridized carbons (Fsp3) is 0.250. The number of aryl methyl sites for hydroxylation is 1. The van der Waals surface area contributed by atoms with Crippen LogP contribution in [-0.2, 0) is 6.54 Å². The second kappa shape index (κ2) is 7.50. The summed E-state index contributed by atoms with van der Waals surface area (Å²) in [7, 11) is 2.85. The largest absolute Gasteiger partial charge is 0.497 e. The number of carbonyl (C=O) groups excluding carboxylic acids is 1. The quantitative estimate of drug-likeness (QED) is 0.712. The minimum atomic E-state index is -0.560. The first kappa shape index (κ1) is 18.9. The molecule has 1 amide bonds. The Balaban J connectivity index is 1.58. The van der Waals surface area contributed by atoms with Crippen LogP contribution in [0.1, 0.15) is 28.5 Å². The van der Waals surface area contributed by atoms with Crippen LogP contribution in [0.25, 0.3) is 11.3 Å². The number of fused-ring (bicyclic) bond motifs is 1. The molecule has 4 rings (SSSR count). The molecule has 1 N–H and O–H groups in total. The summed E-state index contributed by atoms with van der Waals surface area (Å²) >= 11 is 0. The summed E-state index contributed by atoms with van der Waals surface area (Å²) in [6.45, 7) is 0.566. The van der Waals surface area contributed by atoms with Crippen LogP contribution < -0.4 is 14.8 Å². The van der Waals surface area contributed by atoms with Gasteiger partial charge >= 0.3 is 0 Å². The Bertz CT molecular complexity index is 1080. The summed E-state index contributed by atoms with van der Waals surface area (Å²) in [5.74, 6) is -0.971. The fourth-order valence-corrected chi connectivity index (χ4v) is 3.35. The summed E-state index contributed by atoms with van der Waals surface area (Å²) in [5, 5.41) is 7.31. The molecule has 0 saturated carbocycles.